The summed E-state index contributed by atoms with van der Waals surface area (Å²) in [4.78, 5) is 2.42. The minimum atomic E-state index is 0.498. The summed E-state index contributed by atoms with van der Waals surface area (Å²) in [5.41, 5.74) is 11.6. The predicted molar refractivity (Wildman–Crippen MR) is 189 cm³/mol. The highest BCUT2D eigenvalue weighted by Gasteiger charge is 2.24. The smallest absolute Gasteiger partial charge is 0.0539 e. The summed E-state index contributed by atoms with van der Waals surface area (Å²) in [7, 11) is 0. The van der Waals surface area contributed by atoms with Crippen molar-refractivity contribution in [2.75, 3.05) is 4.90 Å². The molecular weight excluding hydrogens is 532 g/mol. The lowest BCUT2D eigenvalue weighted by Gasteiger charge is -2.29. The number of allylic oxidation sites excluding steroid dienone is 8. The van der Waals surface area contributed by atoms with Crippen molar-refractivity contribution in [1.82, 2.24) is 4.57 Å². The summed E-state index contributed by atoms with van der Waals surface area (Å²) in [5, 5.41) is 3.90. The van der Waals surface area contributed by atoms with Crippen LogP contribution in [0.1, 0.15) is 56.7 Å². The zero-order valence-electron chi connectivity index (χ0n) is 25.6. The molecule has 0 aliphatic heterocycles. The van der Waals surface area contributed by atoms with E-state index in [2.05, 4.69) is 157 Å². The van der Waals surface area contributed by atoms with Crippen molar-refractivity contribution in [1.29, 1.82) is 0 Å². The number of anilines is 2. The molecule has 3 aliphatic rings. The van der Waals surface area contributed by atoms with Gasteiger partial charge < -0.3 is 9.47 Å². The van der Waals surface area contributed by atoms with Crippen molar-refractivity contribution in [3.63, 3.8) is 0 Å². The molecule has 216 valence electrons. The van der Waals surface area contributed by atoms with Crippen LogP contribution in [-0.4, -0.2) is 4.57 Å². The van der Waals surface area contributed by atoms with Crippen LogP contribution in [0.25, 0.3) is 44.6 Å². The Hall–Kier alpha value is -4.82. The van der Waals surface area contributed by atoms with Gasteiger partial charge in [0.25, 0.3) is 0 Å². The van der Waals surface area contributed by atoms with Gasteiger partial charge in [-0.05, 0) is 108 Å². The van der Waals surface area contributed by atoms with Gasteiger partial charge in [0, 0.05) is 33.5 Å². The van der Waals surface area contributed by atoms with E-state index in [0.29, 0.717) is 11.8 Å². The van der Waals surface area contributed by atoms with E-state index in [-0.39, 0.29) is 0 Å². The first-order valence-corrected chi connectivity index (χ1v) is 16.1. The van der Waals surface area contributed by atoms with Crippen LogP contribution in [0, 0.1) is 5.92 Å². The number of benzene rings is 4. The molecule has 1 heterocycles. The van der Waals surface area contributed by atoms with Crippen molar-refractivity contribution < 1.29 is 0 Å². The zero-order valence-corrected chi connectivity index (χ0v) is 25.6. The van der Waals surface area contributed by atoms with Crippen LogP contribution in [0.15, 0.2) is 133 Å². The van der Waals surface area contributed by atoms with Crippen molar-refractivity contribution in [2.45, 2.75) is 45.4 Å². The molecule has 2 atom stereocenters. The quantitative estimate of drug-likeness (QED) is 0.204. The number of rotatable bonds is 5. The Balaban J connectivity index is 1.22. The third-order valence-electron chi connectivity index (χ3n) is 9.56. The molecule has 0 radical (unpaired) electrons. The molecule has 0 amide bonds. The maximum absolute atomic E-state index is 2.48. The van der Waals surface area contributed by atoms with E-state index in [1.165, 1.54) is 66.8 Å². The Labute approximate surface area is 260 Å². The molecule has 0 saturated carbocycles. The largest absolute Gasteiger partial charge is 0.310 e. The molecule has 4 aromatic carbocycles. The number of hydrogen-bond donors (Lipinski definition) is 0. The van der Waals surface area contributed by atoms with E-state index in [1.54, 1.807) is 0 Å². The third-order valence-corrected chi connectivity index (χ3v) is 9.56. The van der Waals surface area contributed by atoms with Gasteiger partial charge in [0.15, 0.2) is 0 Å². The standard InChI is InChI=1S/C42H38N2/c1-29-18-23-35(24-19-29)43(39-16-9-12-32-11-6-7-15-37(32)39)36-25-20-31(21-26-36)33-22-27-40-38(28-33)42-30(2)10-8-17-41(42)44(40)34-13-4-3-5-14-34/h4,6-9,11-18,20-30H,3,5,10,19H2,1-2H3. The molecule has 2 nitrogen and oxygen atoms in total. The van der Waals surface area contributed by atoms with Gasteiger partial charge in [0.1, 0.15) is 0 Å². The Morgan fingerprint density at radius 1 is 0.705 bits per heavy atom. The van der Waals surface area contributed by atoms with E-state index in [4.69, 9.17) is 0 Å². The average molecular weight is 571 g/mol. The van der Waals surface area contributed by atoms with Gasteiger partial charge in [0.2, 0.25) is 0 Å². The second kappa shape index (κ2) is 11.0. The Morgan fingerprint density at radius 2 is 1.55 bits per heavy atom. The van der Waals surface area contributed by atoms with Crippen LogP contribution in [0.5, 0.6) is 0 Å². The van der Waals surface area contributed by atoms with Crippen LogP contribution in [0.2, 0.25) is 0 Å². The number of hydrogen-bond acceptors (Lipinski definition) is 1. The minimum absolute atomic E-state index is 0.498. The number of fused-ring (bicyclic) bond motifs is 4. The van der Waals surface area contributed by atoms with E-state index >= 15 is 0 Å². The molecule has 1 aromatic heterocycles. The average Bonchev–Trinajstić information content (AvgIpc) is 3.41. The van der Waals surface area contributed by atoms with Gasteiger partial charge in [-0.2, -0.15) is 0 Å². The molecule has 3 aliphatic carbocycles. The van der Waals surface area contributed by atoms with E-state index in [9.17, 15) is 0 Å². The topological polar surface area (TPSA) is 8.17 Å². The predicted octanol–water partition coefficient (Wildman–Crippen LogP) is 11.8. The van der Waals surface area contributed by atoms with Crippen molar-refractivity contribution in [3.05, 3.63) is 144 Å². The first-order chi connectivity index (χ1) is 21.7. The summed E-state index contributed by atoms with van der Waals surface area (Å²) in [5.74, 6) is 1.06. The maximum atomic E-state index is 2.48. The molecule has 2 unspecified atom stereocenters. The van der Waals surface area contributed by atoms with Gasteiger partial charge in [-0.3, -0.25) is 0 Å². The fraction of sp³-hybridized carbons (Fsp3) is 0.190. The number of aromatic nitrogens is 1. The lowest BCUT2D eigenvalue weighted by molar-refractivity contribution is 0.728. The van der Waals surface area contributed by atoms with Crippen molar-refractivity contribution in [2.24, 2.45) is 5.92 Å². The van der Waals surface area contributed by atoms with Gasteiger partial charge in [0.05, 0.1) is 11.2 Å². The second-order valence-electron chi connectivity index (χ2n) is 12.6. The highest BCUT2D eigenvalue weighted by molar-refractivity contribution is 5.98. The summed E-state index contributed by atoms with van der Waals surface area (Å²) < 4.78 is 2.48. The first-order valence-electron chi connectivity index (χ1n) is 16.1. The van der Waals surface area contributed by atoms with Gasteiger partial charge in [-0.1, -0.05) is 98.8 Å². The molecule has 0 N–H and O–H groups in total. The Bertz CT molecular complexity index is 2040. The Morgan fingerprint density at radius 3 is 2.36 bits per heavy atom. The van der Waals surface area contributed by atoms with Crippen LogP contribution < -0.4 is 4.90 Å². The van der Waals surface area contributed by atoms with Crippen LogP contribution in [0.4, 0.5) is 11.4 Å². The summed E-state index contributed by atoms with van der Waals surface area (Å²) >= 11 is 0. The van der Waals surface area contributed by atoms with E-state index in [1.807, 2.05) is 0 Å². The van der Waals surface area contributed by atoms with Crippen LogP contribution >= 0.6 is 0 Å². The van der Waals surface area contributed by atoms with Crippen molar-refractivity contribution in [3.8, 4) is 11.1 Å². The summed E-state index contributed by atoms with van der Waals surface area (Å²) in [6, 6.07) is 31.6. The lowest BCUT2D eigenvalue weighted by Crippen LogP contribution is -2.17. The molecular formula is C42H38N2. The van der Waals surface area contributed by atoms with Gasteiger partial charge in [-0.15, -0.1) is 0 Å². The number of nitrogens with zero attached hydrogens (tertiary/aromatic N) is 2. The van der Waals surface area contributed by atoms with Gasteiger partial charge >= 0.3 is 0 Å². The fourth-order valence-corrected chi connectivity index (χ4v) is 7.26. The van der Waals surface area contributed by atoms with Crippen LogP contribution in [-0.2, 0) is 0 Å². The molecule has 0 bridgehead atoms. The molecule has 8 rings (SSSR count). The van der Waals surface area contributed by atoms with Crippen LogP contribution in [0.3, 0.4) is 0 Å². The SMILES string of the molecule is CC1C=CC(N(c2ccc(-c3ccc4c(c3)c3c(n4C4=CCCC=C4)C=CCC3C)cc2)c2cccc3ccccc23)=CC1. The normalized spacial score (nSPS) is 19.2. The zero-order chi connectivity index (χ0) is 29.6. The Kier molecular flexibility index (Phi) is 6.71. The lowest BCUT2D eigenvalue weighted by atomic mass is 9.90. The molecule has 0 fully saturated rings. The highest BCUT2D eigenvalue weighted by Crippen LogP contribution is 2.42. The summed E-state index contributed by atoms with van der Waals surface area (Å²) in [6.07, 6.45) is 23.0. The molecule has 0 saturated heterocycles. The third kappa shape index (κ3) is 4.57. The highest BCUT2D eigenvalue weighted by atomic mass is 15.1. The summed E-state index contributed by atoms with van der Waals surface area (Å²) in [6.45, 7) is 4.65. The molecule has 0 spiro atoms. The first kappa shape index (κ1) is 26.8. The fourth-order valence-electron chi connectivity index (χ4n) is 7.26. The minimum Gasteiger partial charge on any atom is -0.310 e. The van der Waals surface area contributed by atoms with Gasteiger partial charge in [-0.25, -0.2) is 0 Å². The molecule has 5 aromatic rings. The van der Waals surface area contributed by atoms with E-state index < -0.39 is 0 Å². The maximum Gasteiger partial charge on any atom is 0.0539 e. The monoisotopic (exact) mass is 570 g/mol. The van der Waals surface area contributed by atoms with Crippen molar-refractivity contribution >= 4 is 44.8 Å². The molecule has 44 heavy (non-hydrogen) atoms. The molecule has 2 heteroatoms. The van der Waals surface area contributed by atoms with E-state index in [0.717, 1.165) is 25.7 Å². The second-order valence-corrected chi connectivity index (χ2v) is 12.6.